The molecule has 0 saturated carbocycles. The number of carbonyl (C=O) groups is 1. The highest BCUT2D eigenvalue weighted by molar-refractivity contribution is 5.73. The second-order valence-corrected chi connectivity index (χ2v) is 3.97. The predicted octanol–water partition coefficient (Wildman–Crippen LogP) is 1.59. The van der Waals surface area contributed by atoms with Crippen molar-refractivity contribution < 1.29 is 9.90 Å². The van der Waals surface area contributed by atoms with Gasteiger partial charge in [-0.3, -0.25) is 4.79 Å². The van der Waals surface area contributed by atoms with Crippen LogP contribution in [0.1, 0.15) is 18.1 Å². The van der Waals surface area contributed by atoms with Crippen molar-refractivity contribution in [2.75, 3.05) is 0 Å². The van der Waals surface area contributed by atoms with Crippen molar-refractivity contribution in [3.8, 4) is 0 Å². The van der Waals surface area contributed by atoms with Crippen molar-refractivity contribution in [1.82, 2.24) is 0 Å². The van der Waals surface area contributed by atoms with Gasteiger partial charge in [0.2, 0.25) is 0 Å². The number of nitrogens with two attached hydrogens (primary N) is 1. The maximum Gasteiger partial charge on any atom is 0.320 e. The molecule has 3 N–H and O–H groups in total. The molecule has 0 bridgehead atoms. The highest BCUT2D eigenvalue weighted by Gasteiger charge is 2.20. The Bertz CT molecular complexity index is 349. The fourth-order valence-corrected chi connectivity index (χ4v) is 1.56. The van der Waals surface area contributed by atoms with Gasteiger partial charge in [0.1, 0.15) is 6.04 Å². The van der Waals surface area contributed by atoms with Crippen LogP contribution in [0.15, 0.2) is 24.3 Å². The SMILES string of the molecule is Cc1ccccc1C[C@H](C)[C@H](N)C(=O)O. The average molecular weight is 207 g/mol. The Hall–Kier alpha value is -1.35. The largest absolute Gasteiger partial charge is 0.480 e. The van der Waals surface area contributed by atoms with Crippen LogP contribution >= 0.6 is 0 Å². The first-order valence-corrected chi connectivity index (χ1v) is 5.05. The van der Waals surface area contributed by atoms with Crippen LogP contribution in [0.25, 0.3) is 0 Å². The van der Waals surface area contributed by atoms with Crippen LogP contribution in [0.5, 0.6) is 0 Å². The van der Waals surface area contributed by atoms with Gasteiger partial charge in [-0.05, 0) is 30.4 Å². The van der Waals surface area contributed by atoms with Gasteiger partial charge in [-0.1, -0.05) is 31.2 Å². The number of carboxylic acids is 1. The Kier molecular flexibility index (Phi) is 3.86. The van der Waals surface area contributed by atoms with Crippen LogP contribution in [0.4, 0.5) is 0 Å². The third kappa shape index (κ3) is 3.06. The van der Waals surface area contributed by atoms with E-state index < -0.39 is 12.0 Å². The minimum Gasteiger partial charge on any atom is -0.480 e. The standard InChI is InChI=1S/C12H17NO2/c1-8-5-3-4-6-10(8)7-9(2)11(13)12(14)15/h3-6,9,11H,7,13H2,1-2H3,(H,14,15)/t9-,11-/m0/s1. The molecule has 0 aliphatic carbocycles. The molecule has 0 heterocycles. The van der Waals surface area contributed by atoms with Gasteiger partial charge in [0.05, 0.1) is 0 Å². The average Bonchev–Trinajstić information content (AvgIpc) is 2.20. The zero-order valence-electron chi connectivity index (χ0n) is 9.10. The maximum absolute atomic E-state index is 10.7. The maximum atomic E-state index is 10.7. The van der Waals surface area contributed by atoms with E-state index in [1.54, 1.807) is 0 Å². The monoisotopic (exact) mass is 207 g/mol. The van der Waals surface area contributed by atoms with Crippen molar-refractivity contribution in [2.24, 2.45) is 11.7 Å². The van der Waals surface area contributed by atoms with Gasteiger partial charge in [0.25, 0.3) is 0 Å². The summed E-state index contributed by atoms with van der Waals surface area (Å²) in [4.78, 5) is 10.7. The van der Waals surface area contributed by atoms with Crippen LogP contribution in [-0.2, 0) is 11.2 Å². The second-order valence-electron chi connectivity index (χ2n) is 3.97. The van der Waals surface area contributed by atoms with E-state index in [0.717, 1.165) is 0 Å². The molecule has 2 atom stereocenters. The lowest BCUT2D eigenvalue weighted by Crippen LogP contribution is -2.37. The number of carboxylic acid groups (broad SMARTS) is 1. The zero-order valence-corrected chi connectivity index (χ0v) is 9.10. The van der Waals surface area contributed by atoms with Crippen molar-refractivity contribution in [1.29, 1.82) is 0 Å². The van der Waals surface area contributed by atoms with Gasteiger partial charge >= 0.3 is 5.97 Å². The first-order valence-electron chi connectivity index (χ1n) is 5.05. The molecule has 0 unspecified atom stereocenters. The molecule has 0 aliphatic heterocycles. The molecule has 0 spiro atoms. The van der Waals surface area contributed by atoms with Crippen molar-refractivity contribution >= 4 is 5.97 Å². The lowest BCUT2D eigenvalue weighted by atomic mass is 9.92. The Morgan fingerprint density at radius 1 is 1.47 bits per heavy atom. The van der Waals surface area contributed by atoms with Gasteiger partial charge in [0, 0.05) is 0 Å². The molecule has 0 saturated heterocycles. The summed E-state index contributed by atoms with van der Waals surface area (Å²) in [5, 5.41) is 8.77. The van der Waals surface area contributed by atoms with E-state index in [4.69, 9.17) is 10.8 Å². The molecule has 1 rings (SSSR count). The molecule has 3 nitrogen and oxygen atoms in total. The van der Waals surface area contributed by atoms with Gasteiger partial charge in [-0.15, -0.1) is 0 Å². The molecule has 0 radical (unpaired) electrons. The van der Waals surface area contributed by atoms with E-state index in [0.29, 0.717) is 6.42 Å². The lowest BCUT2D eigenvalue weighted by Gasteiger charge is -2.16. The third-order valence-corrected chi connectivity index (χ3v) is 2.70. The Morgan fingerprint density at radius 3 is 2.60 bits per heavy atom. The Labute approximate surface area is 89.9 Å². The molecule has 1 aromatic carbocycles. The van der Waals surface area contributed by atoms with E-state index in [-0.39, 0.29) is 5.92 Å². The molecular weight excluding hydrogens is 190 g/mol. The predicted molar refractivity (Wildman–Crippen MR) is 59.7 cm³/mol. The minimum atomic E-state index is -0.934. The third-order valence-electron chi connectivity index (χ3n) is 2.70. The molecular formula is C12H17NO2. The molecule has 0 aliphatic rings. The van der Waals surface area contributed by atoms with Gasteiger partial charge in [-0.25, -0.2) is 0 Å². The second kappa shape index (κ2) is 4.94. The normalized spacial score (nSPS) is 14.6. The van der Waals surface area contributed by atoms with E-state index in [1.165, 1.54) is 11.1 Å². The highest BCUT2D eigenvalue weighted by Crippen LogP contribution is 2.14. The van der Waals surface area contributed by atoms with Crippen molar-refractivity contribution in [2.45, 2.75) is 26.3 Å². The summed E-state index contributed by atoms with van der Waals surface area (Å²) in [6.45, 7) is 3.89. The van der Waals surface area contributed by atoms with Crippen LogP contribution < -0.4 is 5.73 Å². The topological polar surface area (TPSA) is 63.3 Å². The van der Waals surface area contributed by atoms with E-state index in [2.05, 4.69) is 0 Å². The first kappa shape index (κ1) is 11.7. The smallest absolute Gasteiger partial charge is 0.320 e. The van der Waals surface area contributed by atoms with Crippen LogP contribution in [-0.4, -0.2) is 17.1 Å². The number of hydrogen-bond acceptors (Lipinski definition) is 2. The summed E-state index contributed by atoms with van der Waals surface area (Å²) in [7, 11) is 0. The summed E-state index contributed by atoms with van der Waals surface area (Å²) in [6, 6.07) is 7.18. The van der Waals surface area contributed by atoms with Crippen molar-refractivity contribution in [3.05, 3.63) is 35.4 Å². The summed E-state index contributed by atoms with van der Waals surface area (Å²) in [5.74, 6) is -0.986. The lowest BCUT2D eigenvalue weighted by molar-refractivity contribution is -0.139. The number of benzene rings is 1. The zero-order chi connectivity index (χ0) is 11.4. The summed E-state index contributed by atoms with van der Waals surface area (Å²) in [6.07, 6.45) is 0.708. The van der Waals surface area contributed by atoms with Crippen LogP contribution in [0.2, 0.25) is 0 Å². The van der Waals surface area contributed by atoms with Crippen molar-refractivity contribution in [3.63, 3.8) is 0 Å². The van der Waals surface area contributed by atoms with Gasteiger partial charge in [0.15, 0.2) is 0 Å². The van der Waals surface area contributed by atoms with Gasteiger partial charge < -0.3 is 10.8 Å². The fraction of sp³-hybridized carbons (Fsp3) is 0.417. The molecule has 0 aromatic heterocycles. The molecule has 0 amide bonds. The summed E-state index contributed by atoms with van der Waals surface area (Å²) < 4.78 is 0. The summed E-state index contributed by atoms with van der Waals surface area (Å²) in [5.41, 5.74) is 7.91. The molecule has 0 fully saturated rings. The number of rotatable bonds is 4. The number of aryl methyl sites for hydroxylation is 1. The highest BCUT2D eigenvalue weighted by atomic mass is 16.4. The molecule has 82 valence electrons. The van der Waals surface area contributed by atoms with Crippen LogP contribution in [0, 0.1) is 12.8 Å². The quantitative estimate of drug-likeness (QED) is 0.788. The number of hydrogen-bond donors (Lipinski definition) is 2. The number of aliphatic carboxylic acids is 1. The molecule has 3 heteroatoms. The van der Waals surface area contributed by atoms with Crippen LogP contribution in [0.3, 0.4) is 0 Å². The fourth-order valence-electron chi connectivity index (χ4n) is 1.56. The molecule has 15 heavy (non-hydrogen) atoms. The molecule has 1 aromatic rings. The Balaban J connectivity index is 2.70. The summed E-state index contributed by atoms with van der Waals surface area (Å²) >= 11 is 0. The van der Waals surface area contributed by atoms with E-state index >= 15 is 0 Å². The van der Waals surface area contributed by atoms with Gasteiger partial charge in [-0.2, -0.15) is 0 Å². The van der Waals surface area contributed by atoms with E-state index in [1.807, 2.05) is 38.1 Å². The first-order chi connectivity index (χ1) is 7.02. The Morgan fingerprint density at radius 2 is 2.07 bits per heavy atom. The van der Waals surface area contributed by atoms with E-state index in [9.17, 15) is 4.79 Å². The minimum absolute atomic E-state index is 0.0522.